The van der Waals surface area contributed by atoms with E-state index in [1.54, 1.807) is 0 Å². The third-order valence-corrected chi connectivity index (χ3v) is 11.5. The van der Waals surface area contributed by atoms with Gasteiger partial charge in [0.25, 0.3) is 0 Å². The molecule has 60 heavy (non-hydrogen) atoms. The van der Waals surface area contributed by atoms with Crippen molar-refractivity contribution >= 4 is 11.8 Å². The fraction of sp³-hybridized carbons (Fsp3) is 0.960. The van der Waals surface area contributed by atoms with Gasteiger partial charge in [-0.2, -0.15) is 0 Å². The number of rotatable bonds is 50. The third-order valence-electron chi connectivity index (χ3n) is 11.5. The molecular formula is C50H106N6O4. The van der Waals surface area contributed by atoms with Crippen LogP contribution >= 0.6 is 0 Å². The fourth-order valence-corrected chi connectivity index (χ4v) is 7.69. The standard InChI is InChI=1S/C49H102N6O4.CH4/c1-3-5-6-7-8-9-10-11-12-13-14-15-16-17-18-19-20-21-22-26-33-47(55-48(56)34-41-59-43-42-58-40-4-2)49(57)54-39-29-24-23-25-32-46(44-52-37-30-27-35-50)45-53-38-31-28-36-51;/h46-47,52-53H,3-45,50-51H2,1-2H3,(H,54,57)(H,55,56);1H4. The molecule has 0 rings (SSSR count). The van der Waals surface area contributed by atoms with Crippen LogP contribution in [0.2, 0.25) is 0 Å². The number of amides is 2. The highest BCUT2D eigenvalue weighted by molar-refractivity contribution is 5.87. The minimum atomic E-state index is -0.485. The highest BCUT2D eigenvalue weighted by Crippen LogP contribution is 2.16. The van der Waals surface area contributed by atoms with Crippen LogP contribution in [0, 0.1) is 5.92 Å². The van der Waals surface area contributed by atoms with Crippen molar-refractivity contribution in [2.45, 2.75) is 233 Å². The molecule has 0 aliphatic rings. The molecule has 0 aromatic carbocycles. The predicted molar refractivity (Wildman–Crippen MR) is 260 cm³/mol. The summed E-state index contributed by atoms with van der Waals surface area (Å²) in [4.78, 5) is 26.1. The summed E-state index contributed by atoms with van der Waals surface area (Å²) >= 11 is 0. The molecule has 10 nitrogen and oxygen atoms in total. The highest BCUT2D eigenvalue weighted by Gasteiger charge is 2.20. The molecule has 1 unspecified atom stereocenters. The molecule has 10 heteroatoms. The van der Waals surface area contributed by atoms with Gasteiger partial charge >= 0.3 is 0 Å². The topological polar surface area (TPSA) is 153 Å². The molecule has 0 aromatic heterocycles. The second kappa shape index (κ2) is 52.0. The van der Waals surface area contributed by atoms with E-state index in [0.717, 1.165) is 110 Å². The zero-order valence-corrected chi connectivity index (χ0v) is 39.3. The Morgan fingerprint density at radius 3 is 1.35 bits per heavy atom. The van der Waals surface area contributed by atoms with Crippen molar-refractivity contribution in [2.24, 2.45) is 17.4 Å². The van der Waals surface area contributed by atoms with E-state index in [1.165, 1.54) is 128 Å². The lowest BCUT2D eigenvalue weighted by atomic mass is 10.00. The Morgan fingerprint density at radius 1 is 0.467 bits per heavy atom. The Bertz CT molecular complexity index is 840. The Kier molecular flexibility index (Phi) is 52.7. The number of carbonyl (C=O) groups excluding carboxylic acids is 2. The molecule has 2 amide bonds. The van der Waals surface area contributed by atoms with Crippen molar-refractivity contribution in [1.82, 2.24) is 21.3 Å². The average Bonchev–Trinajstić information content (AvgIpc) is 3.24. The van der Waals surface area contributed by atoms with Gasteiger partial charge in [0.2, 0.25) is 11.8 Å². The summed E-state index contributed by atoms with van der Waals surface area (Å²) in [6.45, 7) is 12.8. The summed E-state index contributed by atoms with van der Waals surface area (Å²) in [5, 5.41) is 13.4. The maximum atomic E-state index is 13.3. The van der Waals surface area contributed by atoms with Gasteiger partial charge in [-0.05, 0) is 96.6 Å². The van der Waals surface area contributed by atoms with Crippen LogP contribution in [0.5, 0.6) is 0 Å². The van der Waals surface area contributed by atoms with E-state index < -0.39 is 6.04 Å². The smallest absolute Gasteiger partial charge is 0.242 e. The van der Waals surface area contributed by atoms with Crippen LogP contribution in [0.3, 0.4) is 0 Å². The van der Waals surface area contributed by atoms with Crippen molar-refractivity contribution in [3.8, 4) is 0 Å². The highest BCUT2D eigenvalue weighted by atomic mass is 16.5. The minimum absolute atomic E-state index is 0. The molecule has 0 fully saturated rings. The maximum absolute atomic E-state index is 13.3. The van der Waals surface area contributed by atoms with E-state index in [-0.39, 0.29) is 25.7 Å². The van der Waals surface area contributed by atoms with E-state index >= 15 is 0 Å². The normalized spacial score (nSPS) is 11.9. The van der Waals surface area contributed by atoms with E-state index in [0.29, 0.717) is 38.7 Å². The second-order valence-corrected chi connectivity index (χ2v) is 17.4. The van der Waals surface area contributed by atoms with Crippen molar-refractivity contribution in [3.63, 3.8) is 0 Å². The number of ether oxygens (including phenoxy) is 2. The summed E-state index contributed by atoms with van der Waals surface area (Å²) in [5.41, 5.74) is 11.3. The van der Waals surface area contributed by atoms with Crippen molar-refractivity contribution in [1.29, 1.82) is 0 Å². The van der Waals surface area contributed by atoms with Crippen LogP contribution in [0.4, 0.5) is 0 Å². The Morgan fingerprint density at radius 2 is 0.883 bits per heavy atom. The van der Waals surface area contributed by atoms with Crippen LogP contribution in [0.1, 0.15) is 227 Å². The fourth-order valence-electron chi connectivity index (χ4n) is 7.69. The quantitative estimate of drug-likeness (QED) is 0.0331. The van der Waals surface area contributed by atoms with E-state index in [2.05, 4.69) is 35.1 Å². The van der Waals surface area contributed by atoms with Crippen LogP contribution in [0.25, 0.3) is 0 Å². The van der Waals surface area contributed by atoms with Crippen LogP contribution in [-0.4, -0.2) is 90.1 Å². The predicted octanol–water partition coefficient (Wildman–Crippen LogP) is 10.5. The molecule has 0 bridgehead atoms. The summed E-state index contributed by atoms with van der Waals surface area (Å²) in [7, 11) is 0. The number of nitrogens with two attached hydrogens (primary N) is 2. The van der Waals surface area contributed by atoms with Crippen molar-refractivity contribution < 1.29 is 19.1 Å². The molecular weight excluding hydrogens is 749 g/mol. The van der Waals surface area contributed by atoms with Gasteiger partial charge in [0.1, 0.15) is 6.04 Å². The summed E-state index contributed by atoms with van der Waals surface area (Å²) in [5.74, 6) is 0.445. The van der Waals surface area contributed by atoms with E-state index in [1.807, 2.05) is 0 Å². The molecule has 360 valence electrons. The first kappa shape index (κ1) is 60.8. The zero-order valence-electron chi connectivity index (χ0n) is 39.3. The second-order valence-electron chi connectivity index (χ2n) is 17.4. The Balaban J connectivity index is 0. The van der Waals surface area contributed by atoms with Crippen LogP contribution in [-0.2, 0) is 19.1 Å². The van der Waals surface area contributed by atoms with Gasteiger partial charge in [0.15, 0.2) is 0 Å². The summed E-state index contributed by atoms with van der Waals surface area (Å²) < 4.78 is 11.0. The number of hydrogen-bond acceptors (Lipinski definition) is 8. The van der Waals surface area contributed by atoms with Gasteiger partial charge in [0, 0.05) is 19.6 Å². The van der Waals surface area contributed by atoms with Crippen LogP contribution < -0.4 is 32.7 Å². The van der Waals surface area contributed by atoms with Gasteiger partial charge < -0.3 is 42.2 Å². The van der Waals surface area contributed by atoms with Crippen LogP contribution in [0.15, 0.2) is 0 Å². The van der Waals surface area contributed by atoms with E-state index in [9.17, 15) is 9.59 Å². The first-order valence-electron chi connectivity index (χ1n) is 25.6. The molecule has 0 saturated heterocycles. The molecule has 0 spiro atoms. The zero-order chi connectivity index (χ0) is 43.0. The van der Waals surface area contributed by atoms with E-state index in [4.69, 9.17) is 20.9 Å². The maximum Gasteiger partial charge on any atom is 0.242 e. The molecule has 0 radical (unpaired) electrons. The number of nitrogens with one attached hydrogen (secondary N) is 4. The average molecular weight is 855 g/mol. The largest absolute Gasteiger partial charge is 0.379 e. The van der Waals surface area contributed by atoms with Crippen molar-refractivity contribution in [3.05, 3.63) is 0 Å². The molecule has 8 N–H and O–H groups in total. The Hall–Kier alpha value is -1.30. The van der Waals surface area contributed by atoms with Gasteiger partial charge in [0.05, 0.1) is 19.8 Å². The molecule has 0 heterocycles. The summed E-state index contributed by atoms with van der Waals surface area (Å²) in [6, 6.07) is -0.485. The molecule has 0 aromatic rings. The summed E-state index contributed by atoms with van der Waals surface area (Å²) in [6.07, 6.45) is 38.9. The minimum Gasteiger partial charge on any atom is -0.379 e. The lowest BCUT2D eigenvalue weighted by Gasteiger charge is -2.19. The lowest BCUT2D eigenvalue weighted by Crippen LogP contribution is -2.47. The van der Waals surface area contributed by atoms with Crippen molar-refractivity contribution in [2.75, 3.05) is 72.2 Å². The van der Waals surface area contributed by atoms with Gasteiger partial charge in [-0.3, -0.25) is 9.59 Å². The number of hydrogen-bond donors (Lipinski definition) is 6. The first-order valence-corrected chi connectivity index (χ1v) is 25.6. The SMILES string of the molecule is C.CCCCCCCCCCCCCCCCCCCCCCC(NC(=O)CCOCCOCCC)C(=O)NCCCCCCC(CNCCCCN)CNCCCCN. The molecule has 0 saturated carbocycles. The monoisotopic (exact) mass is 855 g/mol. The molecule has 1 atom stereocenters. The third kappa shape index (κ3) is 46.2. The molecule has 0 aliphatic heterocycles. The number of carbonyl (C=O) groups is 2. The van der Waals surface area contributed by atoms with Gasteiger partial charge in [-0.25, -0.2) is 0 Å². The number of unbranched alkanes of at least 4 members (excludes halogenated alkanes) is 24. The Labute approximate surface area is 373 Å². The van der Waals surface area contributed by atoms with Gasteiger partial charge in [-0.15, -0.1) is 0 Å². The van der Waals surface area contributed by atoms with Gasteiger partial charge in [-0.1, -0.05) is 169 Å². The molecule has 0 aliphatic carbocycles. The first-order chi connectivity index (χ1) is 29.1. The lowest BCUT2D eigenvalue weighted by molar-refractivity contribution is -0.129.